The van der Waals surface area contributed by atoms with Gasteiger partial charge in [-0.1, -0.05) is 12.1 Å². The molecule has 0 fully saturated rings. The summed E-state index contributed by atoms with van der Waals surface area (Å²) in [5.41, 5.74) is 0.713. The SMILES string of the molecule is O=C(CNc1ccc(S(=O)(=O)Nc2nccs2)cc1)Nc1ccccc1C(=O)O. The van der Waals surface area contributed by atoms with Crippen molar-refractivity contribution in [3.63, 3.8) is 0 Å². The Morgan fingerprint density at radius 3 is 2.45 bits per heavy atom. The molecule has 0 radical (unpaired) electrons. The van der Waals surface area contributed by atoms with Crippen LogP contribution in [0.3, 0.4) is 0 Å². The first-order chi connectivity index (χ1) is 13.8. The van der Waals surface area contributed by atoms with Crippen molar-refractivity contribution in [1.29, 1.82) is 0 Å². The first-order valence-corrected chi connectivity index (χ1v) is 10.6. The van der Waals surface area contributed by atoms with Crippen LogP contribution in [0.4, 0.5) is 16.5 Å². The van der Waals surface area contributed by atoms with Crippen LogP contribution in [0.5, 0.6) is 0 Å². The van der Waals surface area contributed by atoms with Crippen LogP contribution < -0.4 is 15.4 Å². The van der Waals surface area contributed by atoms with Crippen LogP contribution >= 0.6 is 11.3 Å². The normalized spacial score (nSPS) is 10.9. The summed E-state index contributed by atoms with van der Waals surface area (Å²) < 4.78 is 27.0. The lowest BCUT2D eigenvalue weighted by atomic mass is 10.2. The van der Waals surface area contributed by atoms with Gasteiger partial charge >= 0.3 is 5.97 Å². The lowest BCUT2D eigenvalue weighted by Gasteiger charge is -2.10. The molecule has 0 spiro atoms. The number of rotatable bonds is 8. The maximum Gasteiger partial charge on any atom is 0.337 e. The molecule has 0 aliphatic carbocycles. The highest BCUT2D eigenvalue weighted by Crippen LogP contribution is 2.20. The highest BCUT2D eigenvalue weighted by molar-refractivity contribution is 7.93. The van der Waals surface area contributed by atoms with Gasteiger partial charge in [0.05, 0.1) is 22.7 Å². The number of sulfonamides is 1. The van der Waals surface area contributed by atoms with E-state index in [9.17, 15) is 18.0 Å². The van der Waals surface area contributed by atoms with Gasteiger partial charge in [0.25, 0.3) is 10.0 Å². The number of carboxylic acid groups (broad SMARTS) is 1. The van der Waals surface area contributed by atoms with Gasteiger partial charge in [-0.3, -0.25) is 9.52 Å². The van der Waals surface area contributed by atoms with Crippen LogP contribution in [0.2, 0.25) is 0 Å². The average molecular weight is 432 g/mol. The molecule has 0 saturated heterocycles. The van der Waals surface area contributed by atoms with Gasteiger partial charge in [0.15, 0.2) is 5.13 Å². The Morgan fingerprint density at radius 1 is 1.07 bits per heavy atom. The van der Waals surface area contributed by atoms with E-state index in [0.29, 0.717) is 5.69 Å². The van der Waals surface area contributed by atoms with E-state index in [1.165, 1.54) is 53.9 Å². The molecule has 2 aromatic carbocycles. The molecule has 1 aromatic heterocycles. The zero-order valence-corrected chi connectivity index (χ0v) is 16.5. The lowest BCUT2D eigenvalue weighted by molar-refractivity contribution is -0.114. The van der Waals surface area contributed by atoms with E-state index in [-0.39, 0.29) is 27.8 Å². The van der Waals surface area contributed by atoms with Crippen molar-refractivity contribution in [2.24, 2.45) is 0 Å². The van der Waals surface area contributed by atoms with Crippen molar-refractivity contribution in [3.8, 4) is 0 Å². The highest BCUT2D eigenvalue weighted by atomic mass is 32.2. The summed E-state index contributed by atoms with van der Waals surface area (Å²) in [6.45, 7) is -0.128. The molecular weight excluding hydrogens is 416 g/mol. The minimum atomic E-state index is -3.75. The first-order valence-electron chi connectivity index (χ1n) is 8.23. The van der Waals surface area contributed by atoms with Gasteiger partial charge in [0.1, 0.15) is 0 Å². The van der Waals surface area contributed by atoms with Crippen LogP contribution in [0.1, 0.15) is 10.4 Å². The van der Waals surface area contributed by atoms with Crippen LogP contribution in [0.25, 0.3) is 0 Å². The van der Waals surface area contributed by atoms with E-state index in [2.05, 4.69) is 20.3 Å². The number of carbonyl (C=O) groups is 2. The number of hydrogen-bond acceptors (Lipinski definition) is 7. The van der Waals surface area contributed by atoms with E-state index in [0.717, 1.165) is 0 Å². The molecule has 0 aliphatic heterocycles. The molecule has 3 rings (SSSR count). The summed E-state index contributed by atoms with van der Waals surface area (Å²) in [7, 11) is -3.75. The number of amides is 1. The van der Waals surface area contributed by atoms with Crippen LogP contribution in [0, 0.1) is 0 Å². The van der Waals surface area contributed by atoms with Crippen molar-refractivity contribution in [2.75, 3.05) is 21.9 Å². The Bertz CT molecular complexity index is 1110. The molecule has 11 heteroatoms. The van der Waals surface area contributed by atoms with E-state index in [1.54, 1.807) is 17.5 Å². The fourth-order valence-corrected chi connectivity index (χ4v) is 4.14. The number of carbonyl (C=O) groups excluding carboxylic acids is 1. The largest absolute Gasteiger partial charge is 0.478 e. The van der Waals surface area contributed by atoms with Gasteiger partial charge in [-0.25, -0.2) is 18.2 Å². The average Bonchev–Trinajstić information content (AvgIpc) is 3.19. The van der Waals surface area contributed by atoms with Crippen LogP contribution in [-0.2, 0) is 14.8 Å². The molecule has 0 aliphatic rings. The number of thiazole rings is 1. The number of aromatic nitrogens is 1. The van der Waals surface area contributed by atoms with E-state index < -0.39 is 21.9 Å². The maximum atomic E-state index is 12.3. The van der Waals surface area contributed by atoms with E-state index >= 15 is 0 Å². The van der Waals surface area contributed by atoms with Gasteiger partial charge in [-0.05, 0) is 36.4 Å². The van der Waals surface area contributed by atoms with Crippen molar-refractivity contribution in [1.82, 2.24) is 4.98 Å². The topological polar surface area (TPSA) is 137 Å². The summed E-state index contributed by atoms with van der Waals surface area (Å²) in [6, 6.07) is 11.9. The second kappa shape index (κ2) is 8.71. The van der Waals surface area contributed by atoms with Gasteiger partial charge < -0.3 is 15.7 Å². The van der Waals surface area contributed by atoms with Crippen LogP contribution in [0.15, 0.2) is 65.0 Å². The quantitative estimate of drug-likeness (QED) is 0.429. The Morgan fingerprint density at radius 2 is 1.79 bits per heavy atom. The Balaban J connectivity index is 1.59. The van der Waals surface area contributed by atoms with Gasteiger partial charge in [0.2, 0.25) is 5.91 Å². The number of carboxylic acids is 1. The van der Waals surface area contributed by atoms with Crippen molar-refractivity contribution in [3.05, 3.63) is 65.7 Å². The minimum Gasteiger partial charge on any atom is -0.478 e. The van der Waals surface area contributed by atoms with Crippen molar-refractivity contribution < 1.29 is 23.1 Å². The molecule has 1 amide bonds. The summed E-state index contributed by atoms with van der Waals surface area (Å²) in [6.07, 6.45) is 1.50. The predicted octanol–water partition coefficient (Wildman–Crippen LogP) is 2.69. The predicted molar refractivity (Wildman–Crippen MR) is 110 cm³/mol. The number of para-hydroxylation sites is 1. The number of nitrogens with zero attached hydrogens (tertiary/aromatic N) is 1. The number of anilines is 3. The third-order valence-corrected chi connectivity index (χ3v) is 5.88. The number of aromatic carboxylic acids is 1. The molecular formula is C18H16N4O5S2. The molecule has 3 aromatic rings. The zero-order valence-electron chi connectivity index (χ0n) is 14.8. The summed E-state index contributed by atoms with van der Waals surface area (Å²) in [4.78, 5) is 27.2. The molecule has 9 nitrogen and oxygen atoms in total. The number of hydrogen-bond donors (Lipinski definition) is 4. The molecule has 0 unspecified atom stereocenters. The second-order valence-electron chi connectivity index (χ2n) is 5.72. The minimum absolute atomic E-state index is 0.0110. The van der Waals surface area contributed by atoms with Crippen molar-refractivity contribution in [2.45, 2.75) is 4.90 Å². The Labute approximate surface area is 170 Å². The van der Waals surface area contributed by atoms with E-state index in [1.807, 2.05) is 0 Å². The molecule has 150 valence electrons. The number of benzene rings is 2. The van der Waals surface area contributed by atoms with Gasteiger partial charge in [-0.2, -0.15) is 0 Å². The van der Waals surface area contributed by atoms with Gasteiger partial charge in [-0.15, -0.1) is 11.3 Å². The second-order valence-corrected chi connectivity index (χ2v) is 8.30. The van der Waals surface area contributed by atoms with Crippen LogP contribution in [-0.4, -0.2) is 36.9 Å². The fraction of sp³-hybridized carbons (Fsp3) is 0.0556. The van der Waals surface area contributed by atoms with E-state index in [4.69, 9.17) is 5.11 Å². The van der Waals surface area contributed by atoms with Gasteiger partial charge in [0, 0.05) is 17.3 Å². The molecule has 4 N–H and O–H groups in total. The molecule has 29 heavy (non-hydrogen) atoms. The molecule has 1 heterocycles. The third kappa shape index (κ3) is 5.30. The summed E-state index contributed by atoms with van der Waals surface area (Å²) >= 11 is 1.17. The maximum absolute atomic E-state index is 12.3. The summed E-state index contributed by atoms with van der Waals surface area (Å²) in [5.74, 6) is -1.59. The third-order valence-electron chi connectivity index (χ3n) is 3.70. The fourth-order valence-electron chi connectivity index (χ4n) is 2.36. The number of nitrogens with one attached hydrogen (secondary N) is 3. The zero-order chi connectivity index (χ0) is 20.9. The van der Waals surface area contributed by atoms with Crippen molar-refractivity contribution >= 4 is 49.7 Å². The lowest BCUT2D eigenvalue weighted by Crippen LogP contribution is -2.23. The Hall–Kier alpha value is -3.44. The first kappa shape index (κ1) is 20.3. The Kier molecular flexibility index (Phi) is 6.10. The molecule has 0 bridgehead atoms. The smallest absolute Gasteiger partial charge is 0.337 e. The molecule has 0 saturated carbocycles. The monoisotopic (exact) mass is 432 g/mol. The summed E-state index contributed by atoms with van der Waals surface area (Å²) in [5, 5.41) is 16.4. The highest BCUT2D eigenvalue weighted by Gasteiger charge is 2.15. The molecule has 0 atom stereocenters. The standard InChI is InChI=1S/C18H16N4O5S2/c23-16(21-15-4-2-1-3-14(15)17(24)25)11-20-12-5-7-13(8-6-12)29(26,27)22-18-19-9-10-28-18/h1-10,20H,11H2,(H,19,22)(H,21,23)(H,24,25).